The maximum Gasteiger partial charge on any atom is 0.403 e. The molecule has 3 N–H and O–H groups in total. The maximum atomic E-state index is 12.2. The van der Waals surface area contributed by atoms with Crippen LogP contribution in [0.3, 0.4) is 0 Å². The van der Waals surface area contributed by atoms with Crippen molar-refractivity contribution in [3.05, 3.63) is 18.4 Å². The molecule has 18 heavy (non-hydrogen) atoms. The van der Waals surface area contributed by atoms with Gasteiger partial charge in [-0.1, -0.05) is 0 Å². The van der Waals surface area contributed by atoms with Crippen molar-refractivity contribution < 1.29 is 32.3 Å². The standard InChI is InChI=1S/C9H9F3N2O4/c10-9(11,12)5(7(15)16)4-13-8(17)14-6-2-1-3-18-6/h1-3,5H,4H2,(H,15,16)(H2,13,14,17). The summed E-state index contributed by atoms with van der Waals surface area (Å²) < 4.78 is 41.4. The van der Waals surface area contributed by atoms with E-state index < -0.39 is 30.6 Å². The van der Waals surface area contributed by atoms with Gasteiger partial charge >= 0.3 is 18.2 Å². The number of alkyl halides is 3. The van der Waals surface area contributed by atoms with Crippen LogP contribution in [-0.2, 0) is 4.79 Å². The number of carboxylic acids is 1. The summed E-state index contributed by atoms with van der Waals surface area (Å²) in [4.78, 5) is 21.5. The Morgan fingerprint density at radius 3 is 2.56 bits per heavy atom. The molecule has 0 bridgehead atoms. The highest BCUT2D eigenvalue weighted by Gasteiger charge is 2.45. The van der Waals surface area contributed by atoms with Crippen LogP contribution in [0.25, 0.3) is 0 Å². The number of halogens is 3. The molecule has 100 valence electrons. The second-order valence-electron chi connectivity index (χ2n) is 3.24. The van der Waals surface area contributed by atoms with Crippen molar-refractivity contribution in [1.82, 2.24) is 5.32 Å². The van der Waals surface area contributed by atoms with E-state index >= 15 is 0 Å². The molecule has 1 aromatic rings. The zero-order chi connectivity index (χ0) is 13.8. The molecule has 1 unspecified atom stereocenters. The predicted molar refractivity (Wildman–Crippen MR) is 52.9 cm³/mol. The summed E-state index contributed by atoms with van der Waals surface area (Å²) >= 11 is 0. The minimum atomic E-state index is -4.93. The van der Waals surface area contributed by atoms with Crippen molar-refractivity contribution >= 4 is 17.9 Å². The van der Waals surface area contributed by atoms with Gasteiger partial charge in [0.25, 0.3) is 0 Å². The Balaban J connectivity index is 2.48. The topological polar surface area (TPSA) is 91.6 Å². The van der Waals surface area contributed by atoms with Crippen LogP contribution in [0.1, 0.15) is 0 Å². The Bertz CT molecular complexity index is 416. The minimum Gasteiger partial charge on any atom is -0.481 e. The van der Waals surface area contributed by atoms with E-state index in [0.29, 0.717) is 0 Å². The number of nitrogens with one attached hydrogen (secondary N) is 2. The fourth-order valence-corrected chi connectivity index (χ4v) is 1.04. The van der Waals surface area contributed by atoms with Gasteiger partial charge in [-0.2, -0.15) is 13.2 Å². The molecular formula is C9H9F3N2O4. The molecule has 9 heteroatoms. The number of furan rings is 1. The zero-order valence-electron chi connectivity index (χ0n) is 8.82. The normalized spacial score (nSPS) is 12.8. The Labute approximate surface area is 98.8 Å². The number of carboxylic acid groups (broad SMARTS) is 1. The fourth-order valence-electron chi connectivity index (χ4n) is 1.04. The first-order valence-corrected chi connectivity index (χ1v) is 4.68. The number of hydrogen-bond donors (Lipinski definition) is 3. The van der Waals surface area contributed by atoms with E-state index in [4.69, 9.17) is 9.52 Å². The number of carbonyl (C=O) groups excluding carboxylic acids is 1. The molecule has 0 radical (unpaired) electrons. The van der Waals surface area contributed by atoms with Gasteiger partial charge in [0.2, 0.25) is 5.88 Å². The van der Waals surface area contributed by atoms with Crippen molar-refractivity contribution in [2.75, 3.05) is 11.9 Å². The molecule has 0 aliphatic carbocycles. The van der Waals surface area contributed by atoms with Gasteiger partial charge in [0, 0.05) is 12.6 Å². The lowest BCUT2D eigenvalue weighted by Gasteiger charge is -2.16. The van der Waals surface area contributed by atoms with Gasteiger partial charge in [-0.3, -0.25) is 10.1 Å². The van der Waals surface area contributed by atoms with E-state index in [1.807, 2.05) is 0 Å². The zero-order valence-corrected chi connectivity index (χ0v) is 8.82. The van der Waals surface area contributed by atoms with Crippen molar-refractivity contribution in [3.8, 4) is 0 Å². The molecule has 1 atom stereocenters. The van der Waals surface area contributed by atoms with Crippen LogP contribution >= 0.6 is 0 Å². The van der Waals surface area contributed by atoms with Gasteiger partial charge in [0.05, 0.1) is 6.26 Å². The summed E-state index contributed by atoms with van der Waals surface area (Å²) in [6, 6.07) is 1.85. The molecule has 1 heterocycles. The lowest BCUT2D eigenvalue weighted by Crippen LogP contribution is -2.42. The lowest BCUT2D eigenvalue weighted by molar-refractivity contribution is -0.191. The Morgan fingerprint density at radius 2 is 2.11 bits per heavy atom. The second kappa shape index (κ2) is 5.43. The third kappa shape index (κ3) is 4.00. The average molecular weight is 266 g/mol. The lowest BCUT2D eigenvalue weighted by atomic mass is 10.1. The number of aliphatic carboxylic acids is 1. The van der Waals surface area contributed by atoms with Crippen molar-refractivity contribution in [2.24, 2.45) is 5.92 Å². The number of urea groups is 1. The number of amides is 2. The van der Waals surface area contributed by atoms with Crippen LogP contribution in [0, 0.1) is 5.92 Å². The molecule has 0 aliphatic heterocycles. The van der Waals surface area contributed by atoms with Crippen LogP contribution in [0.2, 0.25) is 0 Å². The third-order valence-corrected chi connectivity index (χ3v) is 1.92. The van der Waals surface area contributed by atoms with Gasteiger partial charge < -0.3 is 14.8 Å². The third-order valence-electron chi connectivity index (χ3n) is 1.92. The van der Waals surface area contributed by atoms with Crippen molar-refractivity contribution in [2.45, 2.75) is 6.18 Å². The molecule has 0 spiro atoms. The Hall–Kier alpha value is -2.19. The molecule has 6 nitrogen and oxygen atoms in total. The molecule has 0 saturated heterocycles. The monoisotopic (exact) mass is 266 g/mol. The van der Waals surface area contributed by atoms with Gasteiger partial charge in [0.15, 0.2) is 5.92 Å². The highest BCUT2D eigenvalue weighted by molar-refractivity contribution is 5.88. The fraction of sp³-hybridized carbons (Fsp3) is 0.333. The first kappa shape index (κ1) is 13.9. The van der Waals surface area contributed by atoms with Crippen LogP contribution in [0.5, 0.6) is 0 Å². The number of rotatable bonds is 4. The van der Waals surface area contributed by atoms with E-state index in [2.05, 4.69) is 5.32 Å². The summed E-state index contributed by atoms with van der Waals surface area (Å²) in [5.41, 5.74) is 0. The highest BCUT2D eigenvalue weighted by Crippen LogP contribution is 2.25. The smallest absolute Gasteiger partial charge is 0.403 e. The van der Waals surface area contributed by atoms with E-state index in [9.17, 15) is 22.8 Å². The van der Waals surface area contributed by atoms with Crippen molar-refractivity contribution in [3.63, 3.8) is 0 Å². The van der Waals surface area contributed by atoms with E-state index in [-0.39, 0.29) is 5.88 Å². The van der Waals surface area contributed by atoms with Crippen LogP contribution in [0.15, 0.2) is 22.8 Å². The van der Waals surface area contributed by atoms with Crippen LogP contribution in [0.4, 0.5) is 23.8 Å². The number of carbonyl (C=O) groups is 2. The maximum absolute atomic E-state index is 12.2. The number of anilines is 1. The Morgan fingerprint density at radius 1 is 1.44 bits per heavy atom. The summed E-state index contributed by atoms with van der Waals surface area (Å²) in [6.07, 6.45) is -3.67. The van der Waals surface area contributed by atoms with E-state index in [1.54, 1.807) is 5.32 Å². The van der Waals surface area contributed by atoms with Gasteiger partial charge in [-0.05, 0) is 6.07 Å². The minimum absolute atomic E-state index is 0.0337. The SMILES string of the molecule is O=C(NCC(C(=O)O)C(F)(F)F)Nc1ccco1. The molecule has 0 fully saturated rings. The molecular weight excluding hydrogens is 257 g/mol. The van der Waals surface area contributed by atoms with Gasteiger partial charge in [0.1, 0.15) is 0 Å². The second-order valence-corrected chi connectivity index (χ2v) is 3.24. The average Bonchev–Trinajstić information content (AvgIpc) is 2.67. The molecule has 0 aliphatic rings. The summed E-state index contributed by atoms with van der Waals surface area (Å²) in [5.74, 6) is -4.67. The number of hydrogen-bond acceptors (Lipinski definition) is 3. The molecule has 2 amide bonds. The van der Waals surface area contributed by atoms with Crippen LogP contribution < -0.4 is 10.6 Å². The Kier molecular flexibility index (Phi) is 4.18. The van der Waals surface area contributed by atoms with Gasteiger partial charge in [-0.15, -0.1) is 0 Å². The quantitative estimate of drug-likeness (QED) is 0.772. The molecule has 0 saturated carbocycles. The summed E-state index contributed by atoms with van der Waals surface area (Å²) in [7, 11) is 0. The predicted octanol–water partition coefficient (Wildman–Crippen LogP) is 1.66. The van der Waals surface area contributed by atoms with E-state index in [0.717, 1.165) is 0 Å². The largest absolute Gasteiger partial charge is 0.481 e. The molecule has 1 aromatic heterocycles. The first-order chi connectivity index (χ1) is 8.30. The first-order valence-electron chi connectivity index (χ1n) is 4.68. The highest BCUT2D eigenvalue weighted by atomic mass is 19.4. The van der Waals surface area contributed by atoms with E-state index in [1.165, 1.54) is 18.4 Å². The molecule has 0 aromatic carbocycles. The summed E-state index contributed by atoms with van der Waals surface area (Å²) in [6.45, 7) is -1.06. The summed E-state index contributed by atoms with van der Waals surface area (Å²) in [5, 5.41) is 12.3. The molecule has 1 rings (SSSR count). The van der Waals surface area contributed by atoms with Crippen molar-refractivity contribution in [1.29, 1.82) is 0 Å². The van der Waals surface area contributed by atoms with Gasteiger partial charge in [-0.25, -0.2) is 4.79 Å². The van der Waals surface area contributed by atoms with Crippen LogP contribution in [-0.4, -0.2) is 29.8 Å².